The summed E-state index contributed by atoms with van der Waals surface area (Å²) in [4.78, 5) is 1.40. The average Bonchev–Trinajstić information content (AvgIpc) is 2.74. The van der Waals surface area contributed by atoms with E-state index < -0.39 is 0 Å². The number of rotatable bonds is 4. The third-order valence-corrected chi connectivity index (χ3v) is 3.23. The Morgan fingerprint density at radius 1 is 1.33 bits per heavy atom. The number of thiophene rings is 1. The Morgan fingerprint density at radius 2 is 2.27 bits per heavy atom. The van der Waals surface area contributed by atoms with Crippen molar-refractivity contribution >= 4 is 28.6 Å². The summed E-state index contributed by atoms with van der Waals surface area (Å²) in [5.74, 6) is 0. The average molecular weight is 237 g/mol. The molecule has 0 unspecified atom stereocenters. The summed E-state index contributed by atoms with van der Waals surface area (Å²) in [7, 11) is 0. The fourth-order valence-electron chi connectivity index (χ4n) is 1.30. The van der Waals surface area contributed by atoms with E-state index in [1.54, 1.807) is 11.3 Å². The Kier molecular flexibility index (Phi) is 3.64. The molecule has 1 aromatic heterocycles. The molecule has 0 atom stereocenters. The summed E-state index contributed by atoms with van der Waals surface area (Å²) >= 11 is 7.54. The lowest BCUT2D eigenvalue weighted by atomic mass is 10.3. The van der Waals surface area contributed by atoms with Gasteiger partial charge in [0, 0.05) is 28.2 Å². The molecule has 1 radical (unpaired) electrons. The third-order valence-electron chi connectivity index (χ3n) is 2.06. The molecule has 0 amide bonds. The maximum absolute atomic E-state index is 5.75. The number of anilines is 1. The molecule has 0 fully saturated rings. The van der Waals surface area contributed by atoms with Gasteiger partial charge in [-0.15, -0.1) is 11.3 Å². The SMILES string of the molecule is Clc1[c]cc(NCCc2cccs2)cc1. The van der Waals surface area contributed by atoms with Crippen LogP contribution in [-0.2, 0) is 6.42 Å². The van der Waals surface area contributed by atoms with Crippen molar-refractivity contribution in [3.05, 3.63) is 51.7 Å². The van der Waals surface area contributed by atoms with Gasteiger partial charge in [0.05, 0.1) is 0 Å². The molecule has 0 spiro atoms. The predicted octanol–water partition coefficient (Wildman–Crippen LogP) is 3.86. The van der Waals surface area contributed by atoms with E-state index in [9.17, 15) is 0 Å². The van der Waals surface area contributed by atoms with Gasteiger partial charge < -0.3 is 5.32 Å². The predicted molar refractivity (Wildman–Crippen MR) is 66.8 cm³/mol. The smallest absolute Gasteiger partial charge is 0.0486 e. The second kappa shape index (κ2) is 5.19. The van der Waals surface area contributed by atoms with Gasteiger partial charge in [-0.25, -0.2) is 0 Å². The Labute approximate surface area is 98.7 Å². The minimum atomic E-state index is 0.652. The van der Waals surface area contributed by atoms with E-state index >= 15 is 0 Å². The fraction of sp³-hybridized carbons (Fsp3) is 0.167. The third kappa shape index (κ3) is 3.26. The topological polar surface area (TPSA) is 12.0 Å². The summed E-state index contributed by atoms with van der Waals surface area (Å²) in [6, 6.07) is 12.9. The normalized spacial score (nSPS) is 10.2. The molecule has 15 heavy (non-hydrogen) atoms. The Hall–Kier alpha value is -0.990. The van der Waals surface area contributed by atoms with Crippen LogP contribution in [0.15, 0.2) is 35.7 Å². The van der Waals surface area contributed by atoms with E-state index in [2.05, 4.69) is 28.9 Å². The van der Waals surface area contributed by atoms with E-state index in [0.717, 1.165) is 18.7 Å². The fourth-order valence-corrected chi connectivity index (χ4v) is 2.13. The highest BCUT2D eigenvalue weighted by molar-refractivity contribution is 7.09. The van der Waals surface area contributed by atoms with Gasteiger partial charge in [0.15, 0.2) is 0 Å². The van der Waals surface area contributed by atoms with Gasteiger partial charge in [0.2, 0.25) is 0 Å². The molecule has 0 aliphatic heterocycles. The van der Waals surface area contributed by atoms with Gasteiger partial charge in [0.1, 0.15) is 0 Å². The van der Waals surface area contributed by atoms with E-state index in [4.69, 9.17) is 11.6 Å². The number of benzene rings is 1. The zero-order valence-electron chi connectivity index (χ0n) is 8.16. The van der Waals surface area contributed by atoms with Gasteiger partial charge >= 0.3 is 0 Å². The zero-order chi connectivity index (χ0) is 10.5. The van der Waals surface area contributed by atoms with Crippen molar-refractivity contribution in [3.63, 3.8) is 0 Å². The van der Waals surface area contributed by atoms with Crippen molar-refractivity contribution in [3.8, 4) is 0 Å². The second-order valence-corrected chi connectivity index (χ2v) is 4.62. The number of halogens is 1. The second-order valence-electron chi connectivity index (χ2n) is 3.18. The van der Waals surface area contributed by atoms with E-state index in [1.807, 2.05) is 18.2 Å². The summed E-state index contributed by atoms with van der Waals surface area (Å²) in [5, 5.41) is 6.08. The molecule has 77 valence electrons. The van der Waals surface area contributed by atoms with Crippen LogP contribution in [0.25, 0.3) is 0 Å². The van der Waals surface area contributed by atoms with Gasteiger partial charge in [-0.3, -0.25) is 0 Å². The first-order valence-corrected chi connectivity index (χ1v) is 6.04. The maximum atomic E-state index is 5.75. The minimum absolute atomic E-state index is 0.652. The Bertz CT molecular complexity index is 394. The molecule has 2 aromatic rings. The van der Waals surface area contributed by atoms with Crippen molar-refractivity contribution in [2.24, 2.45) is 0 Å². The van der Waals surface area contributed by atoms with E-state index in [-0.39, 0.29) is 0 Å². The summed E-state index contributed by atoms with van der Waals surface area (Å²) in [5.41, 5.74) is 1.07. The van der Waals surface area contributed by atoms with Gasteiger partial charge in [-0.2, -0.15) is 0 Å². The zero-order valence-corrected chi connectivity index (χ0v) is 9.74. The van der Waals surface area contributed by atoms with Gasteiger partial charge in [-0.05, 0) is 36.1 Å². The van der Waals surface area contributed by atoms with Crippen LogP contribution in [-0.4, -0.2) is 6.54 Å². The van der Waals surface area contributed by atoms with Crippen molar-refractivity contribution in [1.29, 1.82) is 0 Å². The molecule has 2 rings (SSSR count). The molecular weight excluding hydrogens is 226 g/mol. The Morgan fingerprint density at radius 3 is 2.93 bits per heavy atom. The molecule has 0 aliphatic rings. The first kappa shape index (κ1) is 10.5. The van der Waals surface area contributed by atoms with Crippen LogP contribution in [0, 0.1) is 6.07 Å². The lowest BCUT2D eigenvalue weighted by Crippen LogP contribution is -2.03. The molecular formula is C12H11ClNS. The standard InChI is InChI=1S/C12H11ClNS/c13-10-3-5-11(6-4-10)14-8-7-12-2-1-9-15-12/h1-3,5-6,9,14H,7-8H2. The highest BCUT2D eigenvalue weighted by atomic mass is 35.5. The van der Waals surface area contributed by atoms with Gasteiger partial charge in [-0.1, -0.05) is 17.7 Å². The largest absolute Gasteiger partial charge is 0.385 e. The molecule has 0 saturated carbocycles. The molecule has 1 N–H and O–H groups in total. The van der Waals surface area contributed by atoms with Crippen molar-refractivity contribution in [2.45, 2.75) is 6.42 Å². The molecule has 1 nitrogen and oxygen atoms in total. The molecule has 1 heterocycles. The highest BCUT2D eigenvalue weighted by Gasteiger charge is 1.94. The summed E-state index contributed by atoms with van der Waals surface area (Å²) in [6.07, 6.45) is 1.06. The van der Waals surface area contributed by atoms with Crippen LogP contribution in [0.3, 0.4) is 0 Å². The highest BCUT2D eigenvalue weighted by Crippen LogP contribution is 2.13. The summed E-state index contributed by atoms with van der Waals surface area (Å²) < 4.78 is 0. The van der Waals surface area contributed by atoms with Crippen LogP contribution in [0.5, 0.6) is 0 Å². The van der Waals surface area contributed by atoms with Crippen LogP contribution in [0.1, 0.15) is 4.88 Å². The lowest BCUT2D eigenvalue weighted by molar-refractivity contribution is 1.04. The molecule has 0 bridgehead atoms. The van der Waals surface area contributed by atoms with Crippen molar-refractivity contribution in [1.82, 2.24) is 0 Å². The Balaban J connectivity index is 1.81. The van der Waals surface area contributed by atoms with E-state index in [1.165, 1.54) is 4.88 Å². The summed E-state index contributed by atoms with van der Waals surface area (Å²) in [6.45, 7) is 0.940. The van der Waals surface area contributed by atoms with Crippen LogP contribution < -0.4 is 5.32 Å². The van der Waals surface area contributed by atoms with Crippen molar-refractivity contribution in [2.75, 3.05) is 11.9 Å². The molecule has 1 aromatic carbocycles. The van der Waals surface area contributed by atoms with Crippen LogP contribution >= 0.6 is 22.9 Å². The first-order valence-electron chi connectivity index (χ1n) is 4.78. The number of hydrogen-bond donors (Lipinski definition) is 1. The van der Waals surface area contributed by atoms with Crippen LogP contribution in [0.4, 0.5) is 5.69 Å². The lowest BCUT2D eigenvalue weighted by Gasteiger charge is -2.04. The maximum Gasteiger partial charge on any atom is 0.0486 e. The van der Waals surface area contributed by atoms with Gasteiger partial charge in [0.25, 0.3) is 0 Å². The molecule has 0 saturated heterocycles. The first-order chi connectivity index (χ1) is 7.34. The monoisotopic (exact) mass is 236 g/mol. The molecule has 3 heteroatoms. The van der Waals surface area contributed by atoms with E-state index in [0.29, 0.717) is 5.02 Å². The van der Waals surface area contributed by atoms with Crippen LogP contribution in [0.2, 0.25) is 5.02 Å². The number of hydrogen-bond acceptors (Lipinski definition) is 2. The number of nitrogens with one attached hydrogen (secondary N) is 1. The quantitative estimate of drug-likeness (QED) is 0.850. The van der Waals surface area contributed by atoms with Crippen molar-refractivity contribution < 1.29 is 0 Å². The minimum Gasteiger partial charge on any atom is -0.385 e. The molecule has 0 aliphatic carbocycles.